The quantitative estimate of drug-likeness (QED) is 0.895. The van der Waals surface area contributed by atoms with Crippen LogP contribution in [-0.2, 0) is 16.1 Å². The Morgan fingerprint density at radius 2 is 1.81 bits per heavy atom. The highest BCUT2D eigenvalue weighted by molar-refractivity contribution is 5.85. The summed E-state index contributed by atoms with van der Waals surface area (Å²) in [5.74, 6) is -0.0727. The van der Waals surface area contributed by atoms with Gasteiger partial charge in [-0.3, -0.25) is 9.59 Å². The van der Waals surface area contributed by atoms with Crippen LogP contribution in [0.4, 0.5) is 0 Å². The highest BCUT2D eigenvalue weighted by Crippen LogP contribution is 2.36. The predicted octanol–water partition coefficient (Wildman–Crippen LogP) is 3.61. The number of likely N-dealkylation sites (tertiary alicyclic amines) is 1. The Morgan fingerprint density at radius 3 is 2.50 bits per heavy atom. The van der Waals surface area contributed by atoms with Gasteiger partial charge < -0.3 is 10.2 Å². The summed E-state index contributed by atoms with van der Waals surface area (Å²) in [6.07, 6.45) is 1.02. The van der Waals surface area contributed by atoms with E-state index >= 15 is 0 Å². The second kappa shape index (κ2) is 8.17. The molecule has 2 aromatic carbocycles. The molecular formula is C22H26N2O2. The van der Waals surface area contributed by atoms with Crippen LogP contribution in [0.2, 0.25) is 0 Å². The van der Waals surface area contributed by atoms with Gasteiger partial charge in [0.1, 0.15) is 0 Å². The van der Waals surface area contributed by atoms with Crippen LogP contribution in [0, 0.1) is 12.8 Å². The first-order valence-corrected chi connectivity index (χ1v) is 9.28. The average Bonchev–Trinajstić information content (AvgIpc) is 2.67. The summed E-state index contributed by atoms with van der Waals surface area (Å²) in [4.78, 5) is 27.2. The van der Waals surface area contributed by atoms with Gasteiger partial charge in [-0.25, -0.2) is 0 Å². The van der Waals surface area contributed by atoms with Gasteiger partial charge in [-0.1, -0.05) is 54.6 Å². The minimum Gasteiger partial charge on any atom is -0.352 e. The van der Waals surface area contributed by atoms with Gasteiger partial charge in [-0.15, -0.1) is 0 Å². The number of benzene rings is 2. The molecule has 1 N–H and O–H groups in total. The highest BCUT2D eigenvalue weighted by atomic mass is 16.2. The fourth-order valence-corrected chi connectivity index (χ4v) is 3.78. The van der Waals surface area contributed by atoms with E-state index in [0.717, 1.165) is 11.1 Å². The molecule has 2 atom stereocenters. The topological polar surface area (TPSA) is 49.4 Å². The van der Waals surface area contributed by atoms with Gasteiger partial charge in [-0.05, 0) is 37.0 Å². The van der Waals surface area contributed by atoms with Gasteiger partial charge >= 0.3 is 0 Å². The van der Waals surface area contributed by atoms with Gasteiger partial charge in [0, 0.05) is 19.5 Å². The number of rotatable bonds is 5. The Kier molecular flexibility index (Phi) is 5.71. The molecule has 0 unspecified atom stereocenters. The van der Waals surface area contributed by atoms with Crippen molar-refractivity contribution in [2.45, 2.75) is 39.3 Å². The number of carbonyl (C=O) groups excluding carboxylic acids is 2. The van der Waals surface area contributed by atoms with E-state index in [9.17, 15) is 9.59 Å². The molecule has 4 heteroatoms. The molecule has 136 valence electrons. The van der Waals surface area contributed by atoms with E-state index in [2.05, 4.69) is 5.32 Å². The van der Waals surface area contributed by atoms with Gasteiger partial charge in [0.05, 0.1) is 12.0 Å². The summed E-state index contributed by atoms with van der Waals surface area (Å²) in [6.45, 7) is 5.15. The SMILES string of the molecule is CCN1C(=O)CC[C@@H](C(=O)NCc2ccccc2C)[C@@H]1c1ccccc1. The number of nitrogens with zero attached hydrogens (tertiary/aromatic N) is 1. The van der Waals surface area contributed by atoms with Crippen molar-refractivity contribution in [2.24, 2.45) is 5.92 Å². The number of hydrogen-bond donors (Lipinski definition) is 1. The van der Waals surface area contributed by atoms with Crippen molar-refractivity contribution in [3.63, 3.8) is 0 Å². The number of carbonyl (C=O) groups is 2. The minimum atomic E-state index is -0.223. The third-order valence-electron chi connectivity index (χ3n) is 5.24. The first-order chi connectivity index (χ1) is 12.6. The Bertz CT molecular complexity index is 773. The standard InChI is InChI=1S/C22H26N2O2/c1-3-24-20(25)14-13-19(21(24)17-10-5-4-6-11-17)22(26)23-15-18-12-8-7-9-16(18)2/h4-12,19,21H,3,13-15H2,1-2H3,(H,23,26)/t19-,21+/m1/s1. The zero-order chi connectivity index (χ0) is 18.5. The number of amides is 2. The van der Waals surface area contributed by atoms with Crippen LogP contribution in [0.5, 0.6) is 0 Å². The summed E-state index contributed by atoms with van der Waals surface area (Å²) in [5.41, 5.74) is 3.32. The molecule has 0 aliphatic carbocycles. The number of hydrogen-bond acceptors (Lipinski definition) is 2. The van der Waals surface area contributed by atoms with E-state index < -0.39 is 0 Å². The van der Waals surface area contributed by atoms with E-state index in [1.54, 1.807) is 0 Å². The molecule has 2 amide bonds. The highest BCUT2D eigenvalue weighted by Gasteiger charge is 2.39. The first-order valence-electron chi connectivity index (χ1n) is 9.28. The van der Waals surface area contributed by atoms with E-state index in [1.165, 1.54) is 5.56 Å². The molecule has 0 bridgehead atoms. The van der Waals surface area contributed by atoms with Crippen LogP contribution in [-0.4, -0.2) is 23.3 Å². The molecule has 0 radical (unpaired) electrons. The third-order valence-corrected chi connectivity index (χ3v) is 5.24. The van der Waals surface area contributed by atoms with E-state index in [4.69, 9.17) is 0 Å². The number of aryl methyl sites for hydroxylation is 1. The Balaban J connectivity index is 1.80. The Hall–Kier alpha value is -2.62. The smallest absolute Gasteiger partial charge is 0.225 e. The molecule has 1 saturated heterocycles. The first kappa shape index (κ1) is 18.2. The summed E-state index contributed by atoms with van der Waals surface area (Å²) in [5, 5.41) is 3.09. The van der Waals surface area contributed by atoms with Crippen molar-refractivity contribution < 1.29 is 9.59 Å². The fourth-order valence-electron chi connectivity index (χ4n) is 3.78. The second-order valence-electron chi connectivity index (χ2n) is 6.82. The van der Waals surface area contributed by atoms with Crippen LogP contribution >= 0.6 is 0 Å². The van der Waals surface area contributed by atoms with Gasteiger partial charge in [0.2, 0.25) is 11.8 Å². The maximum atomic E-state index is 13.0. The van der Waals surface area contributed by atoms with Crippen LogP contribution in [0.25, 0.3) is 0 Å². The lowest BCUT2D eigenvalue weighted by molar-refractivity contribution is -0.143. The lowest BCUT2D eigenvalue weighted by Crippen LogP contribution is -2.47. The molecule has 1 aliphatic rings. The number of piperidine rings is 1. The van der Waals surface area contributed by atoms with Crippen LogP contribution in [0.1, 0.15) is 42.5 Å². The summed E-state index contributed by atoms with van der Waals surface area (Å²) >= 11 is 0. The van der Waals surface area contributed by atoms with Gasteiger partial charge in [0.25, 0.3) is 0 Å². The van der Waals surface area contributed by atoms with Gasteiger partial charge in [-0.2, -0.15) is 0 Å². The molecule has 0 spiro atoms. The Labute approximate surface area is 155 Å². The van der Waals surface area contributed by atoms with Gasteiger partial charge in [0.15, 0.2) is 0 Å². The van der Waals surface area contributed by atoms with Crippen molar-refractivity contribution in [3.05, 3.63) is 71.3 Å². The Morgan fingerprint density at radius 1 is 1.12 bits per heavy atom. The van der Waals surface area contributed by atoms with Crippen molar-refractivity contribution >= 4 is 11.8 Å². The largest absolute Gasteiger partial charge is 0.352 e. The van der Waals surface area contributed by atoms with Crippen LogP contribution in [0.15, 0.2) is 54.6 Å². The second-order valence-corrected chi connectivity index (χ2v) is 6.82. The van der Waals surface area contributed by atoms with E-state index in [-0.39, 0.29) is 23.8 Å². The summed E-state index contributed by atoms with van der Waals surface area (Å²) in [7, 11) is 0. The van der Waals surface area contributed by atoms with Crippen LogP contribution in [0.3, 0.4) is 0 Å². The normalized spacial score (nSPS) is 20.1. The minimum absolute atomic E-state index is 0.0213. The summed E-state index contributed by atoms with van der Waals surface area (Å²) in [6, 6.07) is 17.8. The molecule has 0 aromatic heterocycles. The maximum Gasteiger partial charge on any atom is 0.225 e. The molecule has 0 saturated carbocycles. The van der Waals surface area contributed by atoms with Crippen LogP contribution < -0.4 is 5.32 Å². The summed E-state index contributed by atoms with van der Waals surface area (Å²) < 4.78 is 0. The lowest BCUT2D eigenvalue weighted by atomic mass is 9.83. The van der Waals surface area contributed by atoms with Crippen molar-refractivity contribution in [1.29, 1.82) is 0 Å². The van der Waals surface area contributed by atoms with Crippen molar-refractivity contribution in [1.82, 2.24) is 10.2 Å². The number of nitrogens with one attached hydrogen (secondary N) is 1. The average molecular weight is 350 g/mol. The zero-order valence-corrected chi connectivity index (χ0v) is 15.4. The maximum absolute atomic E-state index is 13.0. The molecule has 1 aliphatic heterocycles. The van der Waals surface area contributed by atoms with E-state index in [0.29, 0.717) is 25.9 Å². The monoisotopic (exact) mass is 350 g/mol. The molecular weight excluding hydrogens is 324 g/mol. The van der Waals surface area contributed by atoms with E-state index in [1.807, 2.05) is 73.3 Å². The molecule has 1 fully saturated rings. The molecule has 2 aromatic rings. The molecule has 26 heavy (non-hydrogen) atoms. The van der Waals surface area contributed by atoms with Crippen molar-refractivity contribution in [3.8, 4) is 0 Å². The molecule has 1 heterocycles. The molecule has 3 rings (SSSR count). The third kappa shape index (κ3) is 3.79. The zero-order valence-electron chi connectivity index (χ0n) is 15.4. The fraction of sp³-hybridized carbons (Fsp3) is 0.364. The molecule has 4 nitrogen and oxygen atoms in total. The van der Waals surface area contributed by atoms with Crippen molar-refractivity contribution in [2.75, 3.05) is 6.54 Å². The lowest BCUT2D eigenvalue weighted by Gasteiger charge is -2.40. The predicted molar refractivity (Wildman–Crippen MR) is 102 cm³/mol.